The van der Waals surface area contributed by atoms with Gasteiger partial charge in [0.05, 0.1) is 23.8 Å². The molecule has 0 amide bonds. The van der Waals surface area contributed by atoms with Crippen molar-refractivity contribution in [1.82, 2.24) is 0 Å². The molecular weight excluding hydrogens is 288 g/mol. The highest BCUT2D eigenvalue weighted by molar-refractivity contribution is 5.98. The van der Waals surface area contributed by atoms with Crippen molar-refractivity contribution < 1.29 is 10.2 Å². The second-order valence-corrected chi connectivity index (χ2v) is 6.87. The van der Waals surface area contributed by atoms with Gasteiger partial charge in [-0.15, -0.1) is 0 Å². The van der Waals surface area contributed by atoms with E-state index in [4.69, 9.17) is 0 Å². The summed E-state index contributed by atoms with van der Waals surface area (Å²) in [5.41, 5.74) is 0.901. The average Bonchev–Trinajstić information content (AvgIpc) is 2.86. The van der Waals surface area contributed by atoms with Gasteiger partial charge in [0.1, 0.15) is 0 Å². The lowest BCUT2D eigenvalue weighted by Crippen LogP contribution is -2.53. The third-order valence-electron chi connectivity index (χ3n) is 5.45. The predicted octanol–water partition coefficient (Wildman–Crippen LogP) is 2.57. The van der Waals surface area contributed by atoms with E-state index in [0.29, 0.717) is 18.4 Å². The van der Waals surface area contributed by atoms with Crippen molar-refractivity contribution in [3.8, 4) is 6.07 Å². The highest BCUT2D eigenvalue weighted by Gasteiger charge is 2.47. The number of nitrogens with zero attached hydrogens (tertiary/aromatic N) is 2. The van der Waals surface area contributed by atoms with Crippen molar-refractivity contribution >= 4 is 16.5 Å². The molecule has 2 aliphatic heterocycles. The number of rotatable bonds is 2. The van der Waals surface area contributed by atoms with E-state index >= 15 is 0 Å². The number of aliphatic hydroxyl groups excluding tert-OH is 1. The second-order valence-electron chi connectivity index (χ2n) is 6.87. The van der Waals surface area contributed by atoms with Crippen LogP contribution in [0.25, 0.3) is 10.8 Å². The molecule has 2 N–H and O–H groups in total. The van der Waals surface area contributed by atoms with Gasteiger partial charge in [-0.1, -0.05) is 24.3 Å². The normalized spacial score (nSPS) is 29.7. The lowest BCUT2D eigenvalue weighted by atomic mass is 9.86. The Morgan fingerprint density at radius 2 is 1.74 bits per heavy atom. The van der Waals surface area contributed by atoms with Crippen LogP contribution in [0.2, 0.25) is 0 Å². The summed E-state index contributed by atoms with van der Waals surface area (Å²) < 4.78 is 0. The Balaban J connectivity index is 1.81. The van der Waals surface area contributed by atoms with Gasteiger partial charge in [-0.3, -0.25) is 0 Å². The zero-order valence-corrected chi connectivity index (χ0v) is 12.9. The maximum absolute atomic E-state index is 10.5. The molecule has 2 bridgehead atoms. The Labute approximate surface area is 135 Å². The molecule has 2 aromatic carbocycles. The molecule has 4 heteroatoms. The van der Waals surface area contributed by atoms with E-state index < -0.39 is 5.60 Å². The Morgan fingerprint density at radius 1 is 1.09 bits per heavy atom. The molecule has 4 nitrogen and oxygen atoms in total. The van der Waals surface area contributed by atoms with Crippen molar-refractivity contribution in [2.75, 3.05) is 11.5 Å². The minimum absolute atomic E-state index is 0.165. The molecule has 2 saturated heterocycles. The first-order valence-corrected chi connectivity index (χ1v) is 8.19. The van der Waals surface area contributed by atoms with Crippen molar-refractivity contribution in [3.63, 3.8) is 0 Å². The first kappa shape index (κ1) is 14.5. The summed E-state index contributed by atoms with van der Waals surface area (Å²) >= 11 is 0. The molecule has 118 valence electrons. The molecule has 2 atom stereocenters. The average molecular weight is 308 g/mol. The van der Waals surface area contributed by atoms with Gasteiger partial charge in [0.2, 0.25) is 0 Å². The van der Waals surface area contributed by atoms with Crippen molar-refractivity contribution in [3.05, 3.63) is 42.0 Å². The van der Waals surface area contributed by atoms with Crippen LogP contribution in [0.3, 0.4) is 0 Å². The molecular formula is C19H20N2O2. The van der Waals surface area contributed by atoms with Crippen molar-refractivity contribution in [1.29, 1.82) is 5.26 Å². The fraction of sp³-hybridized carbons (Fsp3) is 0.421. The van der Waals surface area contributed by atoms with Gasteiger partial charge in [0, 0.05) is 28.5 Å². The molecule has 2 aliphatic rings. The van der Waals surface area contributed by atoms with Crippen LogP contribution in [0.1, 0.15) is 31.2 Å². The molecule has 0 aliphatic carbocycles. The summed E-state index contributed by atoms with van der Waals surface area (Å²) in [6.45, 7) is -0.165. The smallest absolute Gasteiger partial charge is 0.0998 e. The Bertz CT molecular complexity index is 782. The first-order chi connectivity index (χ1) is 11.1. The van der Waals surface area contributed by atoms with Crippen LogP contribution in [-0.2, 0) is 0 Å². The quantitative estimate of drug-likeness (QED) is 0.895. The Kier molecular flexibility index (Phi) is 3.29. The maximum atomic E-state index is 10.5. The minimum atomic E-state index is -0.940. The van der Waals surface area contributed by atoms with Gasteiger partial charge in [-0.25, -0.2) is 0 Å². The van der Waals surface area contributed by atoms with Crippen LogP contribution in [0.15, 0.2) is 36.4 Å². The van der Waals surface area contributed by atoms with Crippen LogP contribution in [0, 0.1) is 11.3 Å². The minimum Gasteiger partial charge on any atom is -0.393 e. The highest BCUT2D eigenvalue weighted by Crippen LogP contribution is 2.45. The molecule has 0 radical (unpaired) electrons. The summed E-state index contributed by atoms with van der Waals surface area (Å²) in [6.07, 6.45) is 3.30. The number of nitriles is 1. The van der Waals surface area contributed by atoms with Crippen LogP contribution in [0.4, 0.5) is 5.69 Å². The largest absolute Gasteiger partial charge is 0.393 e. The molecule has 4 rings (SSSR count). The van der Waals surface area contributed by atoms with E-state index in [1.807, 2.05) is 30.3 Å². The summed E-state index contributed by atoms with van der Waals surface area (Å²) in [5.74, 6) is 0. The summed E-state index contributed by atoms with van der Waals surface area (Å²) in [4.78, 5) is 2.41. The number of hydrogen-bond acceptors (Lipinski definition) is 4. The standard InChI is InChI=1S/C19H20N2O2/c20-11-13-5-8-18(17-4-2-1-3-16(13)17)21-14-6-7-15(21)10-19(23,9-14)12-22/h1-5,8,14-15,22-23H,6-7,9-10,12H2. The molecule has 0 aromatic heterocycles. The SMILES string of the molecule is N#Cc1ccc(N2C3CCC2CC(O)(CO)C3)c2ccccc12. The van der Waals surface area contributed by atoms with Crippen LogP contribution >= 0.6 is 0 Å². The molecule has 2 fully saturated rings. The molecule has 23 heavy (non-hydrogen) atoms. The summed E-state index contributed by atoms with van der Waals surface area (Å²) in [6, 6.07) is 14.7. The van der Waals surface area contributed by atoms with E-state index in [-0.39, 0.29) is 18.7 Å². The number of anilines is 1. The highest BCUT2D eigenvalue weighted by atomic mass is 16.3. The van der Waals surface area contributed by atoms with Gasteiger partial charge in [0.15, 0.2) is 0 Å². The monoisotopic (exact) mass is 308 g/mol. The van der Waals surface area contributed by atoms with Crippen LogP contribution in [0.5, 0.6) is 0 Å². The molecule has 0 saturated carbocycles. The fourth-order valence-corrected chi connectivity index (χ4v) is 4.45. The second kappa shape index (κ2) is 5.23. The number of aliphatic hydroxyl groups is 2. The van der Waals surface area contributed by atoms with Gasteiger partial charge in [-0.05, 0) is 37.8 Å². The third-order valence-corrected chi connectivity index (χ3v) is 5.45. The lowest BCUT2D eigenvalue weighted by Gasteiger charge is -2.44. The number of piperidine rings is 1. The maximum Gasteiger partial charge on any atom is 0.0998 e. The van der Waals surface area contributed by atoms with E-state index in [2.05, 4.69) is 17.0 Å². The summed E-state index contributed by atoms with van der Waals surface area (Å²) in [7, 11) is 0. The van der Waals surface area contributed by atoms with E-state index in [0.717, 1.165) is 29.3 Å². The van der Waals surface area contributed by atoms with Gasteiger partial charge in [0.25, 0.3) is 0 Å². The molecule has 2 unspecified atom stereocenters. The first-order valence-electron chi connectivity index (χ1n) is 8.19. The molecule has 0 spiro atoms. The van der Waals surface area contributed by atoms with E-state index in [1.54, 1.807) is 0 Å². The van der Waals surface area contributed by atoms with Gasteiger partial charge < -0.3 is 15.1 Å². The van der Waals surface area contributed by atoms with Gasteiger partial charge in [-0.2, -0.15) is 5.26 Å². The zero-order valence-electron chi connectivity index (χ0n) is 12.9. The predicted molar refractivity (Wildman–Crippen MR) is 89.2 cm³/mol. The topological polar surface area (TPSA) is 67.5 Å². The third kappa shape index (κ3) is 2.20. The summed E-state index contributed by atoms with van der Waals surface area (Å²) in [5, 5.41) is 31.4. The number of fused-ring (bicyclic) bond motifs is 3. The van der Waals surface area contributed by atoms with E-state index in [1.165, 1.54) is 0 Å². The van der Waals surface area contributed by atoms with Crippen molar-refractivity contribution in [2.45, 2.75) is 43.4 Å². The molecule has 2 aromatic rings. The fourth-order valence-electron chi connectivity index (χ4n) is 4.45. The van der Waals surface area contributed by atoms with Crippen molar-refractivity contribution in [2.24, 2.45) is 0 Å². The Morgan fingerprint density at radius 3 is 2.35 bits per heavy atom. The Hall–Kier alpha value is -2.09. The van der Waals surface area contributed by atoms with E-state index in [9.17, 15) is 15.5 Å². The van der Waals surface area contributed by atoms with Crippen LogP contribution in [-0.4, -0.2) is 34.5 Å². The van der Waals surface area contributed by atoms with Gasteiger partial charge >= 0.3 is 0 Å². The molecule has 2 heterocycles. The number of benzene rings is 2. The van der Waals surface area contributed by atoms with Crippen LogP contribution < -0.4 is 4.90 Å². The zero-order chi connectivity index (χ0) is 16.0. The number of hydrogen-bond donors (Lipinski definition) is 2. The lowest BCUT2D eigenvalue weighted by molar-refractivity contribution is -0.0436.